The van der Waals surface area contributed by atoms with Crippen LogP contribution in [-0.2, 0) is 4.74 Å². The Hall–Kier alpha value is -0.0800. The zero-order valence-electron chi connectivity index (χ0n) is 8.47. The molecule has 2 heteroatoms. The first-order valence-electron chi connectivity index (χ1n) is 5.07. The Morgan fingerprint density at radius 1 is 1.50 bits per heavy atom. The standard InChI is InChI=1S/C10H21NO/c1-4-10(8(2)3)11-9-5-6-12-7-9/h8-11H,4-7H2,1-3H3. The summed E-state index contributed by atoms with van der Waals surface area (Å²) >= 11 is 0. The zero-order chi connectivity index (χ0) is 8.97. The average Bonchev–Trinajstić information content (AvgIpc) is 2.51. The summed E-state index contributed by atoms with van der Waals surface area (Å²) in [5.74, 6) is 0.732. The lowest BCUT2D eigenvalue weighted by atomic mass is 10.0. The van der Waals surface area contributed by atoms with Crippen LogP contribution in [0.25, 0.3) is 0 Å². The van der Waals surface area contributed by atoms with Crippen LogP contribution in [-0.4, -0.2) is 25.3 Å². The van der Waals surface area contributed by atoms with Crippen LogP contribution >= 0.6 is 0 Å². The summed E-state index contributed by atoms with van der Waals surface area (Å²) in [7, 11) is 0. The molecule has 0 amide bonds. The lowest BCUT2D eigenvalue weighted by molar-refractivity contribution is 0.185. The molecule has 0 bridgehead atoms. The zero-order valence-corrected chi connectivity index (χ0v) is 8.47. The van der Waals surface area contributed by atoms with Gasteiger partial charge in [-0.2, -0.15) is 0 Å². The molecule has 1 fully saturated rings. The summed E-state index contributed by atoms with van der Waals surface area (Å²) in [5.41, 5.74) is 0. The van der Waals surface area contributed by atoms with Gasteiger partial charge in [0.25, 0.3) is 0 Å². The number of rotatable bonds is 4. The van der Waals surface area contributed by atoms with Gasteiger partial charge < -0.3 is 10.1 Å². The van der Waals surface area contributed by atoms with Crippen LogP contribution in [0.4, 0.5) is 0 Å². The van der Waals surface area contributed by atoms with E-state index in [4.69, 9.17) is 4.74 Å². The number of nitrogens with one attached hydrogen (secondary N) is 1. The summed E-state index contributed by atoms with van der Waals surface area (Å²) < 4.78 is 5.32. The molecule has 1 rings (SSSR count). The molecule has 1 aliphatic rings. The largest absolute Gasteiger partial charge is 0.380 e. The monoisotopic (exact) mass is 171 g/mol. The normalized spacial score (nSPS) is 26.5. The van der Waals surface area contributed by atoms with Crippen LogP contribution in [0.1, 0.15) is 33.6 Å². The first kappa shape index (κ1) is 10.0. The minimum absolute atomic E-state index is 0.609. The molecular formula is C10H21NO. The third kappa shape index (κ3) is 2.76. The van der Waals surface area contributed by atoms with Crippen LogP contribution in [0.2, 0.25) is 0 Å². The summed E-state index contributed by atoms with van der Waals surface area (Å²) in [5, 5.41) is 3.64. The van der Waals surface area contributed by atoms with Crippen molar-refractivity contribution in [2.45, 2.75) is 45.7 Å². The fraction of sp³-hybridized carbons (Fsp3) is 1.00. The van der Waals surface area contributed by atoms with Gasteiger partial charge in [-0.3, -0.25) is 0 Å². The second-order valence-corrected chi connectivity index (χ2v) is 3.99. The van der Waals surface area contributed by atoms with Crippen molar-refractivity contribution in [3.63, 3.8) is 0 Å². The Bertz CT molecular complexity index is 119. The molecule has 12 heavy (non-hydrogen) atoms. The van der Waals surface area contributed by atoms with E-state index in [0.29, 0.717) is 12.1 Å². The molecule has 0 saturated carbocycles. The Morgan fingerprint density at radius 3 is 2.67 bits per heavy atom. The molecule has 2 nitrogen and oxygen atoms in total. The van der Waals surface area contributed by atoms with Crippen LogP contribution in [0.15, 0.2) is 0 Å². The second kappa shape index (κ2) is 4.83. The van der Waals surface area contributed by atoms with Crippen molar-refractivity contribution in [1.82, 2.24) is 5.32 Å². The third-order valence-corrected chi connectivity index (χ3v) is 2.62. The van der Waals surface area contributed by atoms with Gasteiger partial charge in [-0.15, -0.1) is 0 Å². The summed E-state index contributed by atoms with van der Waals surface area (Å²) in [6, 6.07) is 1.27. The van der Waals surface area contributed by atoms with Crippen LogP contribution < -0.4 is 5.32 Å². The van der Waals surface area contributed by atoms with E-state index < -0.39 is 0 Å². The lowest BCUT2D eigenvalue weighted by Gasteiger charge is -2.24. The van der Waals surface area contributed by atoms with Gasteiger partial charge in [0.15, 0.2) is 0 Å². The minimum atomic E-state index is 0.609. The van der Waals surface area contributed by atoms with E-state index >= 15 is 0 Å². The highest BCUT2D eigenvalue weighted by atomic mass is 16.5. The minimum Gasteiger partial charge on any atom is -0.380 e. The van der Waals surface area contributed by atoms with E-state index in [0.717, 1.165) is 19.1 Å². The molecule has 0 aromatic carbocycles. The van der Waals surface area contributed by atoms with E-state index in [9.17, 15) is 0 Å². The van der Waals surface area contributed by atoms with Crippen LogP contribution in [0.5, 0.6) is 0 Å². The number of hydrogen-bond donors (Lipinski definition) is 1. The molecule has 0 radical (unpaired) electrons. The van der Waals surface area contributed by atoms with Crippen LogP contribution in [0.3, 0.4) is 0 Å². The predicted octanol–water partition coefficient (Wildman–Crippen LogP) is 1.80. The third-order valence-electron chi connectivity index (χ3n) is 2.62. The maximum Gasteiger partial charge on any atom is 0.0620 e. The van der Waals surface area contributed by atoms with Crippen LogP contribution in [0, 0.1) is 5.92 Å². The summed E-state index contributed by atoms with van der Waals surface area (Å²) in [6.45, 7) is 8.64. The van der Waals surface area contributed by atoms with Gasteiger partial charge in [0, 0.05) is 18.7 Å². The number of hydrogen-bond acceptors (Lipinski definition) is 2. The molecule has 0 aliphatic carbocycles. The van der Waals surface area contributed by atoms with Gasteiger partial charge in [-0.25, -0.2) is 0 Å². The van der Waals surface area contributed by atoms with Crippen molar-refractivity contribution < 1.29 is 4.74 Å². The Morgan fingerprint density at radius 2 is 2.25 bits per heavy atom. The molecule has 0 aromatic rings. The van der Waals surface area contributed by atoms with E-state index in [-0.39, 0.29) is 0 Å². The van der Waals surface area contributed by atoms with Gasteiger partial charge in [-0.05, 0) is 18.8 Å². The Labute approximate surface area is 75.7 Å². The van der Waals surface area contributed by atoms with Gasteiger partial charge in [-0.1, -0.05) is 20.8 Å². The van der Waals surface area contributed by atoms with Crippen molar-refractivity contribution in [2.24, 2.45) is 5.92 Å². The first-order chi connectivity index (χ1) is 5.74. The molecular weight excluding hydrogens is 150 g/mol. The van der Waals surface area contributed by atoms with Crippen molar-refractivity contribution in [3.8, 4) is 0 Å². The topological polar surface area (TPSA) is 21.3 Å². The van der Waals surface area contributed by atoms with Crippen molar-refractivity contribution in [2.75, 3.05) is 13.2 Å². The van der Waals surface area contributed by atoms with E-state index in [1.54, 1.807) is 0 Å². The SMILES string of the molecule is CCC(NC1CCOC1)C(C)C. The van der Waals surface area contributed by atoms with Crippen molar-refractivity contribution in [1.29, 1.82) is 0 Å². The van der Waals surface area contributed by atoms with Crippen molar-refractivity contribution >= 4 is 0 Å². The van der Waals surface area contributed by atoms with Gasteiger partial charge in [0.05, 0.1) is 6.61 Å². The molecule has 0 aromatic heterocycles. The lowest BCUT2D eigenvalue weighted by Crippen LogP contribution is -2.41. The van der Waals surface area contributed by atoms with Crippen molar-refractivity contribution in [3.05, 3.63) is 0 Å². The van der Waals surface area contributed by atoms with E-state index in [1.165, 1.54) is 12.8 Å². The molecule has 72 valence electrons. The molecule has 2 unspecified atom stereocenters. The first-order valence-corrected chi connectivity index (χ1v) is 5.07. The van der Waals surface area contributed by atoms with E-state index in [2.05, 4.69) is 26.1 Å². The molecule has 1 saturated heterocycles. The molecule has 2 atom stereocenters. The summed E-state index contributed by atoms with van der Waals surface area (Å²) in [4.78, 5) is 0. The van der Waals surface area contributed by atoms with E-state index in [1.807, 2.05) is 0 Å². The molecule has 1 aliphatic heterocycles. The van der Waals surface area contributed by atoms with Gasteiger partial charge >= 0.3 is 0 Å². The van der Waals surface area contributed by atoms with Gasteiger partial charge in [0.1, 0.15) is 0 Å². The summed E-state index contributed by atoms with van der Waals surface area (Å²) in [6.07, 6.45) is 2.40. The smallest absolute Gasteiger partial charge is 0.0620 e. The fourth-order valence-corrected chi connectivity index (χ4v) is 1.75. The Kier molecular flexibility index (Phi) is 4.02. The quantitative estimate of drug-likeness (QED) is 0.696. The maximum atomic E-state index is 5.32. The highest BCUT2D eigenvalue weighted by Crippen LogP contribution is 2.10. The van der Waals surface area contributed by atoms with Gasteiger partial charge in [0.2, 0.25) is 0 Å². The molecule has 0 spiro atoms. The second-order valence-electron chi connectivity index (χ2n) is 3.99. The molecule has 1 heterocycles. The fourth-order valence-electron chi connectivity index (χ4n) is 1.75. The Balaban J connectivity index is 2.26. The maximum absolute atomic E-state index is 5.32. The average molecular weight is 171 g/mol. The highest BCUT2D eigenvalue weighted by Gasteiger charge is 2.20. The number of ether oxygens (including phenoxy) is 1. The molecule has 1 N–H and O–H groups in total. The highest BCUT2D eigenvalue weighted by molar-refractivity contribution is 4.78. The predicted molar refractivity (Wildman–Crippen MR) is 51.3 cm³/mol.